The zero-order valence-corrected chi connectivity index (χ0v) is 12.9. The highest BCUT2D eigenvalue weighted by molar-refractivity contribution is 7.15. The largest absolute Gasteiger partial charge is 0.464 e. The zero-order valence-electron chi connectivity index (χ0n) is 10.5. The Hall–Kier alpha value is -1.33. The highest BCUT2D eigenvalue weighted by Gasteiger charge is 2.11. The van der Waals surface area contributed by atoms with E-state index in [4.69, 9.17) is 10.2 Å². The van der Waals surface area contributed by atoms with Gasteiger partial charge in [0, 0.05) is 39.8 Å². The average molecular weight is 329 g/mol. The van der Waals surface area contributed by atoms with Gasteiger partial charge in [0.25, 0.3) is 0 Å². The van der Waals surface area contributed by atoms with Crippen LogP contribution in [0.2, 0.25) is 0 Å². The van der Waals surface area contributed by atoms with Crippen molar-refractivity contribution in [1.29, 1.82) is 0 Å². The fourth-order valence-electron chi connectivity index (χ4n) is 1.87. The fourth-order valence-corrected chi connectivity index (χ4v) is 2.78. The van der Waals surface area contributed by atoms with Crippen molar-refractivity contribution < 1.29 is 4.42 Å². The van der Waals surface area contributed by atoms with E-state index in [0.29, 0.717) is 6.54 Å². The van der Waals surface area contributed by atoms with Crippen LogP contribution < -0.4 is 5.73 Å². The second-order valence-electron chi connectivity index (χ2n) is 3.87. The standard InChI is InChI=1S/C14H12N2OS.2ClH/c15-8-10-3-4-14(18-10)12-9-16-6-5-11(12)13-2-1-7-17-13;;/h1-7,9H,8,15H2;2*1H. The third-order valence-electron chi connectivity index (χ3n) is 2.74. The van der Waals surface area contributed by atoms with E-state index >= 15 is 0 Å². The Morgan fingerprint density at radius 3 is 2.60 bits per heavy atom. The summed E-state index contributed by atoms with van der Waals surface area (Å²) in [4.78, 5) is 6.53. The molecule has 3 nitrogen and oxygen atoms in total. The highest BCUT2D eigenvalue weighted by atomic mass is 35.5. The monoisotopic (exact) mass is 328 g/mol. The number of pyridine rings is 1. The molecule has 20 heavy (non-hydrogen) atoms. The number of thiophene rings is 1. The molecule has 0 radical (unpaired) electrons. The normalized spacial score (nSPS) is 9.65. The summed E-state index contributed by atoms with van der Waals surface area (Å²) in [5.41, 5.74) is 7.79. The summed E-state index contributed by atoms with van der Waals surface area (Å²) in [6, 6.07) is 9.95. The lowest BCUT2D eigenvalue weighted by Crippen LogP contribution is -1.91. The van der Waals surface area contributed by atoms with Crippen molar-refractivity contribution in [2.75, 3.05) is 0 Å². The number of nitrogens with zero attached hydrogens (tertiary/aromatic N) is 1. The highest BCUT2D eigenvalue weighted by Crippen LogP contribution is 2.35. The van der Waals surface area contributed by atoms with Gasteiger partial charge in [-0.05, 0) is 30.3 Å². The van der Waals surface area contributed by atoms with Gasteiger partial charge >= 0.3 is 0 Å². The van der Waals surface area contributed by atoms with Crippen molar-refractivity contribution >= 4 is 36.2 Å². The Morgan fingerprint density at radius 2 is 1.95 bits per heavy atom. The number of halogens is 2. The minimum Gasteiger partial charge on any atom is -0.464 e. The third-order valence-corrected chi connectivity index (χ3v) is 3.88. The molecule has 0 aromatic carbocycles. The first-order chi connectivity index (χ1) is 8.88. The molecular weight excluding hydrogens is 315 g/mol. The lowest BCUT2D eigenvalue weighted by atomic mass is 10.1. The molecule has 0 spiro atoms. The average Bonchev–Trinajstić information content (AvgIpc) is 3.10. The number of aromatic nitrogens is 1. The molecule has 0 saturated carbocycles. The molecule has 3 heterocycles. The van der Waals surface area contributed by atoms with Crippen molar-refractivity contribution in [2.24, 2.45) is 5.73 Å². The molecule has 0 aliphatic heterocycles. The lowest BCUT2D eigenvalue weighted by molar-refractivity contribution is 0.582. The zero-order chi connectivity index (χ0) is 12.4. The first kappa shape index (κ1) is 16.7. The van der Waals surface area contributed by atoms with E-state index in [1.54, 1.807) is 23.8 Å². The molecule has 3 aromatic rings. The number of furan rings is 1. The number of nitrogens with two attached hydrogens (primary N) is 1. The quantitative estimate of drug-likeness (QED) is 0.776. The van der Waals surface area contributed by atoms with E-state index < -0.39 is 0 Å². The maximum atomic E-state index is 5.65. The van der Waals surface area contributed by atoms with Crippen molar-refractivity contribution in [3.63, 3.8) is 0 Å². The molecule has 0 aliphatic carbocycles. The first-order valence-electron chi connectivity index (χ1n) is 5.65. The predicted molar refractivity (Wildman–Crippen MR) is 87.6 cm³/mol. The SMILES string of the molecule is Cl.Cl.NCc1ccc(-c2cnccc2-c2ccco2)s1. The van der Waals surface area contributed by atoms with Crippen molar-refractivity contribution in [2.45, 2.75) is 6.54 Å². The molecule has 3 aromatic heterocycles. The number of hydrogen-bond acceptors (Lipinski definition) is 4. The van der Waals surface area contributed by atoms with Gasteiger partial charge in [-0.3, -0.25) is 4.98 Å². The molecule has 6 heteroatoms. The van der Waals surface area contributed by atoms with Crippen LogP contribution in [0.25, 0.3) is 21.8 Å². The summed E-state index contributed by atoms with van der Waals surface area (Å²) in [6.45, 7) is 0.570. The van der Waals surface area contributed by atoms with Gasteiger partial charge in [0.1, 0.15) is 5.76 Å². The minimum absolute atomic E-state index is 0. The van der Waals surface area contributed by atoms with Crippen molar-refractivity contribution in [3.8, 4) is 21.8 Å². The van der Waals surface area contributed by atoms with E-state index in [1.165, 1.54) is 4.88 Å². The molecule has 106 valence electrons. The summed E-state index contributed by atoms with van der Waals surface area (Å²) in [6.07, 6.45) is 5.32. The smallest absolute Gasteiger partial charge is 0.134 e. The number of rotatable bonds is 3. The van der Waals surface area contributed by atoms with E-state index in [0.717, 1.165) is 21.8 Å². The van der Waals surface area contributed by atoms with Crippen molar-refractivity contribution in [3.05, 3.63) is 53.9 Å². The van der Waals surface area contributed by atoms with Gasteiger partial charge in [0.15, 0.2) is 0 Å². The second-order valence-corrected chi connectivity index (χ2v) is 5.04. The Morgan fingerprint density at radius 1 is 1.10 bits per heavy atom. The van der Waals surface area contributed by atoms with Crippen LogP contribution in [-0.2, 0) is 6.54 Å². The second kappa shape index (κ2) is 7.45. The van der Waals surface area contributed by atoms with Gasteiger partial charge in [0.05, 0.1) is 6.26 Å². The van der Waals surface area contributed by atoms with Crippen LogP contribution in [0.15, 0.2) is 53.4 Å². The molecule has 2 N–H and O–H groups in total. The van der Waals surface area contributed by atoms with Gasteiger partial charge in [-0.1, -0.05) is 0 Å². The van der Waals surface area contributed by atoms with Gasteiger partial charge in [0.2, 0.25) is 0 Å². The molecule has 0 saturated heterocycles. The van der Waals surface area contributed by atoms with E-state index in [2.05, 4.69) is 17.1 Å². The van der Waals surface area contributed by atoms with Crippen LogP contribution in [0.3, 0.4) is 0 Å². The van der Waals surface area contributed by atoms with Gasteiger partial charge in [-0.15, -0.1) is 36.2 Å². The van der Waals surface area contributed by atoms with Crippen LogP contribution in [0.4, 0.5) is 0 Å². The Labute approximate surface area is 133 Å². The predicted octanol–water partition coefficient (Wildman–Crippen LogP) is 4.37. The van der Waals surface area contributed by atoms with E-state index in [9.17, 15) is 0 Å². The van der Waals surface area contributed by atoms with Crippen LogP contribution in [0, 0.1) is 0 Å². The molecule has 0 bridgehead atoms. The maximum absolute atomic E-state index is 5.65. The molecule has 0 aliphatic rings. The molecule has 0 unspecified atom stereocenters. The van der Waals surface area contributed by atoms with Crippen LogP contribution in [-0.4, -0.2) is 4.98 Å². The fraction of sp³-hybridized carbons (Fsp3) is 0.0714. The summed E-state index contributed by atoms with van der Waals surface area (Å²) in [7, 11) is 0. The van der Waals surface area contributed by atoms with Gasteiger partial charge in [-0.2, -0.15) is 0 Å². The maximum Gasteiger partial charge on any atom is 0.134 e. The van der Waals surface area contributed by atoms with Gasteiger partial charge < -0.3 is 10.2 Å². The van der Waals surface area contributed by atoms with E-state index in [1.807, 2.05) is 24.4 Å². The summed E-state index contributed by atoms with van der Waals surface area (Å²) < 4.78 is 5.47. The third kappa shape index (κ3) is 3.22. The number of hydrogen-bond donors (Lipinski definition) is 1. The van der Waals surface area contributed by atoms with Crippen LogP contribution >= 0.6 is 36.2 Å². The lowest BCUT2D eigenvalue weighted by Gasteiger charge is -2.04. The minimum atomic E-state index is 0. The Kier molecular flexibility index (Phi) is 6.23. The molecular formula is C14H14Cl2N2OS. The van der Waals surface area contributed by atoms with Gasteiger partial charge in [-0.25, -0.2) is 0 Å². The topological polar surface area (TPSA) is 52.0 Å². The van der Waals surface area contributed by atoms with Crippen LogP contribution in [0.1, 0.15) is 4.88 Å². The summed E-state index contributed by atoms with van der Waals surface area (Å²) in [5, 5.41) is 0. The summed E-state index contributed by atoms with van der Waals surface area (Å²) >= 11 is 1.69. The Balaban J connectivity index is 0.000001000. The van der Waals surface area contributed by atoms with Crippen LogP contribution in [0.5, 0.6) is 0 Å². The Bertz CT molecular complexity index is 653. The summed E-state index contributed by atoms with van der Waals surface area (Å²) in [5.74, 6) is 0.857. The molecule has 0 atom stereocenters. The van der Waals surface area contributed by atoms with Crippen molar-refractivity contribution in [1.82, 2.24) is 4.98 Å². The molecule has 3 rings (SSSR count). The first-order valence-corrected chi connectivity index (χ1v) is 6.47. The molecule has 0 amide bonds. The van der Waals surface area contributed by atoms with E-state index in [-0.39, 0.29) is 24.8 Å². The molecule has 0 fully saturated rings.